The van der Waals surface area contributed by atoms with E-state index in [0.717, 1.165) is 7.11 Å². The standard InChI is InChI=1S/C26H20F6N2O6/c1-38-17-8-12-9-19-24(11-16(21(35)40-3)33(19)22(36)25(27,28)29)14-6-4-5-7-15(14)34(23(37)26(30,31)32)20(24)13(12)10-18(17)39-2/h4-10,16,20H,11H2,1-3H3/t16?,20-,24+/m0/s1. The molecular formula is C26H20F6N2O6. The topological polar surface area (TPSA) is 85.4 Å². The fourth-order valence-electron chi connectivity index (χ4n) is 6.05. The highest BCUT2D eigenvalue weighted by Crippen LogP contribution is 2.66. The molecule has 2 aromatic carbocycles. The van der Waals surface area contributed by atoms with Crippen LogP contribution in [0, 0.1) is 0 Å². The number of rotatable bonds is 3. The normalized spacial score (nSPS) is 23.0. The molecule has 5 rings (SSSR count). The second kappa shape index (κ2) is 8.89. The highest BCUT2D eigenvalue weighted by atomic mass is 19.4. The van der Waals surface area contributed by atoms with Crippen LogP contribution in [0.25, 0.3) is 6.08 Å². The number of benzene rings is 2. The Hall–Kier alpha value is -4.23. The molecule has 1 fully saturated rings. The monoisotopic (exact) mass is 570 g/mol. The van der Waals surface area contributed by atoms with E-state index < -0.39 is 59.8 Å². The third-order valence-corrected chi connectivity index (χ3v) is 7.48. The quantitative estimate of drug-likeness (QED) is 0.405. The lowest BCUT2D eigenvalue weighted by molar-refractivity contribution is -0.186. The molecule has 1 spiro atoms. The van der Waals surface area contributed by atoms with E-state index in [1.165, 1.54) is 56.7 Å². The zero-order chi connectivity index (χ0) is 29.4. The van der Waals surface area contributed by atoms with Crippen molar-refractivity contribution in [2.75, 3.05) is 26.2 Å². The van der Waals surface area contributed by atoms with Crippen molar-refractivity contribution in [3.8, 4) is 11.5 Å². The first-order chi connectivity index (χ1) is 18.7. The Balaban J connectivity index is 1.91. The van der Waals surface area contributed by atoms with Crippen molar-refractivity contribution in [1.29, 1.82) is 0 Å². The van der Waals surface area contributed by atoms with Gasteiger partial charge in [0.05, 0.1) is 32.8 Å². The van der Waals surface area contributed by atoms with Gasteiger partial charge in [-0.2, -0.15) is 26.3 Å². The van der Waals surface area contributed by atoms with Gasteiger partial charge in [-0.3, -0.25) is 19.4 Å². The zero-order valence-corrected chi connectivity index (χ0v) is 21.0. The van der Waals surface area contributed by atoms with Gasteiger partial charge < -0.3 is 14.2 Å². The first kappa shape index (κ1) is 27.3. The summed E-state index contributed by atoms with van der Waals surface area (Å²) in [5, 5.41) is 0. The second-order valence-corrected chi connectivity index (χ2v) is 9.35. The Labute approximate surface area is 222 Å². The number of anilines is 1. The largest absolute Gasteiger partial charge is 0.493 e. The maximum absolute atomic E-state index is 14.0. The summed E-state index contributed by atoms with van der Waals surface area (Å²) in [5.41, 5.74) is -2.32. The van der Waals surface area contributed by atoms with Crippen molar-refractivity contribution in [2.45, 2.75) is 36.3 Å². The van der Waals surface area contributed by atoms with E-state index in [1.807, 2.05) is 0 Å². The molecule has 0 radical (unpaired) electrons. The van der Waals surface area contributed by atoms with Crippen LogP contribution in [0.2, 0.25) is 0 Å². The average molecular weight is 570 g/mol. The number of halogens is 6. The number of carbonyl (C=O) groups is 3. The van der Waals surface area contributed by atoms with Crippen LogP contribution in [0.15, 0.2) is 42.1 Å². The summed E-state index contributed by atoms with van der Waals surface area (Å²) < 4.78 is 99.0. The molecule has 40 heavy (non-hydrogen) atoms. The minimum absolute atomic E-state index is 0.0377. The van der Waals surface area contributed by atoms with Crippen molar-refractivity contribution in [3.63, 3.8) is 0 Å². The molecule has 3 atom stereocenters. The molecule has 1 aliphatic carbocycles. The number of fused-ring (bicyclic) bond motifs is 3. The Bertz CT molecular complexity index is 1470. The number of hydrogen-bond acceptors (Lipinski definition) is 6. The van der Waals surface area contributed by atoms with Crippen molar-refractivity contribution in [3.05, 3.63) is 58.8 Å². The first-order valence-corrected chi connectivity index (χ1v) is 11.7. The van der Waals surface area contributed by atoms with E-state index in [-0.39, 0.29) is 38.8 Å². The number of likely N-dealkylation sites (tertiary alicyclic amines) is 1. The molecule has 0 saturated carbocycles. The van der Waals surface area contributed by atoms with Gasteiger partial charge in [0, 0.05) is 11.4 Å². The molecule has 0 bridgehead atoms. The van der Waals surface area contributed by atoms with Crippen LogP contribution in [-0.4, -0.2) is 62.4 Å². The maximum Gasteiger partial charge on any atom is 0.471 e. The van der Waals surface area contributed by atoms with Crippen molar-refractivity contribution >= 4 is 29.5 Å². The van der Waals surface area contributed by atoms with Crippen molar-refractivity contribution in [1.82, 2.24) is 4.90 Å². The summed E-state index contributed by atoms with van der Waals surface area (Å²) in [7, 11) is 3.47. The van der Waals surface area contributed by atoms with E-state index in [4.69, 9.17) is 14.2 Å². The summed E-state index contributed by atoms with van der Waals surface area (Å²) in [6, 6.07) is 4.56. The Morgan fingerprint density at radius 3 is 2.02 bits per heavy atom. The molecule has 8 nitrogen and oxygen atoms in total. The van der Waals surface area contributed by atoms with E-state index in [2.05, 4.69) is 0 Å². The van der Waals surface area contributed by atoms with Crippen molar-refractivity contribution < 1.29 is 54.9 Å². The number of alkyl halides is 6. The predicted molar refractivity (Wildman–Crippen MR) is 125 cm³/mol. The molecule has 2 aliphatic heterocycles. The fourth-order valence-corrected chi connectivity index (χ4v) is 6.05. The Morgan fingerprint density at radius 1 is 0.875 bits per heavy atom. The van der Waals surface area contributed by atoms with Gasteiger partial charge in [-0.05, 0) is 47.4 Å². The number of nitrogens with zero attached hydrogens (tertiary/aromatic N) is 2. The number of esters is 1. The van der Waals surface area contributed by atoms with Gasteiger partial charge in [-0.1, -0.05) is 18.2 Å². The predicted octanol–water partition coefficient (Wildman–Crippen LogP) is 4.28. The smallest absolute Gasteiger partial charge is 0.471 e. The lowest BCUT2D eigenvalue weighted by Gasteiger charge is -2.41. The minimum Gasteiger partial charge on any atom is -0.493 e. The molecular weight excluding hydrogens is 550 g/mol. The number of carbonyl (C=O) groups excluding carboxylic acids is 3. The van der Waals surface area contributed by atoms with Crippen LogP contribution in [0.3, 0.4) is 0 Å². The average Bonchev–Trinajstić information content (AvgIpc) is 3.40. The van der Waals surface area contributed by atoms with Crippen molar-refractivity contribution in [2.24, 2.45) is 0 Å². The van der Waals surface area contributed by atoms with Crippen LogP contribution < -0.4 is 14.4 Å². The van der Waals surface area contributed by atoms with E-state index >= 15 is 0 Å². The minimum atomic E-state index is -5.45. The molecule has 2 heterocycles. The van der Waals surface area contributed by atoms with E-state index in [9.17, 15) is 40.7 Å². The van der Waals surface area contributed by atoms with Crippen LogP contribution >= 0.6 is 0 Å². The maximum atomic E-state index is 14.0. The van der Waals surface area contributed by atoms with Gasteiger partial charge in [0.15, 0.2) is 11.5 Å². The van der Waals surface area contributed by atoms with Crippen LogP contribution in [0.5, 0.6) is 11.5 Å². The third kappa shape index (κ3) is 3.64. The molecule has 0 aromatic heterocycles. The number of hydrogen-bond donors (Lipinski definition) is 0. The summed E-state index contributed by atoms with van der Waals surface area (Å²) in [4.78, 5) is 39.3. The molecule has 212 valence electrons. The van der Waals surface area contributed by atoms with Gasteiger partial charge in [0.1, 0.15) is 6.04 Å². The number of ether oxygens (including phenoxy) is 3. The van der Waals surface area contributed by atoms with Gasteiger partial charge in [0.25, 0.3) is 0 Å². The lowest BCUT2D eigenvalue weighted by atomic mass is 9.66. The van der Waals surface area contributed by atoms with Crippen LogP contribution in [0.4, 0.5) is 32.0 Å². The van der Waals surface area contributed by atoms with Gasteiger partial charge in [-0.15, -0.1) is 0 Å². The zero-order valence-electron chi connectivity index (χ0n) is 21.0. The summed E-state index contributed by atoms with van der Waals surface area (Å²) in [6.07, 6.45) is -10.2. The first-order valence-electron chi connectivity index (χ1n) is 11.7. The summed E-state index contributed by atoms with van der Waals surface area (Å²) in [5.74, 6) is -5.73. The van der Waals surface area contributed by atoms with Crippen LogP contribution in [-0.2, 0) is 24.5 Å². The molecule has 2 amide bonds. The van der Waals surface area contributed by atoms with E-state index in [1.54, 1.807) is 0 Å². The lowest BCUT2D eigenvalue weighted by Crippen LogP contribution is -2.49. The van der Waals surface area contributed by atoms with Gasteiger partial charge in [-0.25, -0.2) is 4.79 Å². The third-order valence-electron chi connectivity index (χ3n) is 7.48. The Morgan fingerprint density at radius 2 is 1.45 bits per heavy atom. The molecule has 2 aromatic rings. The Kier molecular flexibility index (Phi) is 6.08. The van der Waals surface area contributed by atoms with Gasteiger partial charge >= 0.3 is 30.1 Å². The molecule has 1 unspecified atom stereocenters. The number of amides is 2. The highest BCUT2D eigenvalue weighted by Gasteiger charge is 2.68. The van der Waals surface area contributed by atoms with Gasteiger partial charge in [0.2, 0.25) is 0 Å². The number of para-hydroxylation sites is 1. The molecule has 1 saturated heterocycles. The number of methoxy groups -OCH3 is 3. The summed E-state index contributed by atoms with van der Waals surface area (Å²) in [6.45, 7) is 0. The van der Waals surface area contributed by atoms with E-state index in [0.29, 0.717) is 4.90 Å². The molecule has 14 heteroatoms. The highest BCUT2D eigenvalue weighted by molar-refractivity contribution is 6.03. The SMILES string of the molecule is COC(=O)C1C[C@@]23C(=Cc4cc(OC)c(OC)cc4[C@@H]2N(C(=O)C(F)(F)F)c2ccccc23)N1C(=O)C(F)(F)F. The van der Waals surface area contributed by atoms with Crippen LogP contribution in [0.1, 0.15) is 29.2 Å². The molecule has 3 aliphatic rings. The second-order valence-electron chi connectivity index (χ2n) is 9.35. The molecule has 0 N–H and O–H groups in total. The fraction of sp³-hybridized carbons (Fsp3) is 0.346. The summed E-state index contributed by atoms with van der Waals surface area (Å²) >= 11 is 0.